The zero-order valence-electron chi connectivity index (χ0n) is 51.1. The maximum Gasteiger partial charge on any atom is 0.305 e. The summed E-state index contributed by atoms with van der Waals surface area (Å²) in [5, 5.41) is 91.3. The molecule has 0 saturated carbocycles. The van der Waals surface area contributed by atoms with E-state index in [1.165, 1.54) is 38.1 Å². The Balaban J connectivity index is 2.53. The predicted molar refractivity (Wildman–Crippen MR) is 318 cm³/mol. The topological polar surface area (TPSA) is 659 Å². The Hall–Kier alpha value is -8.92. The first-order valence-electron chi connectivity index (χ1n) is 29.1. The quantitative estimate of drug-likeness (QED) is 0.0164. The SMILES string of the molecule is CC[C@H](C)[C@H](NC(=O)CNC(=O)[C@H](Cc1ccc(O)cc1)NC(=O)[C@@H](N)CC(=O)O)C(=O)N[C@@H](CO[C@@H]1O[C@H](CO)[C@H](O)[C@H](O)[C@H]1O)C(=O)N[C@@H](CCC(N)=O)C(=O)N[C@H](C(=O)N[C@@H](CC(N)=O)C(=O)N[C@@H](CO)C(=O)N[C@@H](CCCN=C(N)N)C(N)=O)[C@@H](C)CC. The second-order valence-corrected chi connectivity index (χ2v) is 21.7. The van der Waals surface area contributed by atoms with Crippen molar-refractivity contribution in [2.24, 2.45) is 51.2 Å². The van der Waals surface area contributed by atoms with Crippen LogP contribution in [0.2, 0.25) is 0 Å². The molecule has 1 saturated heterocycles. The smallest absolute Gasteiger partial charge is 0.305 e. The van der Waals surface area contributed by atoms with Crippen LogP contribution in [-0.4, -0.2) is 237 Å². The number of aliphatic carboxylic acids is 1. The van der Waals surface area contributed by atoms with E-state index in [9.17, 15) is 93.0 Å². The third-order valence-corrected chi connectivity index (χ3v) is 14.4. The highest BCUT2D eigenvalue weighted by molar-refractivity contribution is 5.99. The first kappa shape index (κ1) is 79.2. The number of aliphatic hydroxyl groups excluding tert-OH is 5. The van der Waals surface area contributed by atoms with Gasteiger partial charge in [-0.2, -0.15) is 0 Å². The maximum absolute atomic E-state index is 14.5. The maximum atomic E-state index is 14.5. The lowest BCUT2D eigenvalue weighted by atomic mass is 9.96. The van der Waals surface area contributed by atoms with Crippen LogP contribution in [0.25, 0.3) is 0 Å². The lowest BCUT2D eigenvalue weighted by molar-refractivity contribution is -0.301. The van der Waals surface area contributed by atoms with Crippen LogP contribution in [0.3, 0.4) is 0 Å². The van der Waals surface area contributed by atoms with Crippen molar-refractivity contribution in [2.75, 3.05) is 32.9 Å². The molecule has 0 aliphatic carbocycles. The summed E-state index contributed by atoms with van der Waals surface area (Å²) < 4.78 is 11.0. The minimum absolute atomic E-state index is 0.0425. The van der Waals surface area contributed by atoms with E-state index in [1.807, 2.05) is 0 Å². The van der Waals surface area contributed by atoms with Gasteiger partial charge in [-0.3, -0.25) is 67.3 Å². The van der Waals surface area contributed by atoms with Crippen molar-refractivity contribution in [1.29, 1.82) is 0 Å². The lowest BCUT2D eigenvalue weighted by Crippen LogP contribution is -2.63. The third kappa shape index (κ3) is 26.9. The van der Waals surface area contributed by atoms with Crippen molar-refractivity contribution >= 4 is 82.8 Å². The average molecular weight is 1310 g/mol. The molecule has 0 spiro atoms. The Kier molecular flexibility index (Phi) is 33.9. The van der Waals surface area contributed by atoms with E-state index in [1.54, 1.807) is 13.8 Å². The fraction of sp³-hybridized carbons (Fsp3) is 0.630. The Morgan fingerprint density at radius 2 is 1.12 bits per heavy atom. The number of primary amides is 3. The van der Waals surface area contributed by atoms with Gasteiger partial charge in [-0.1, -0.05) is 52.7 Å². The van der Waals surface area contributed by atoms with Crippen molar-refractivity contribution < 1.29 is 108 Å². The zero-order valence-corrected chi connectivity index (χ0v) is 51.1. The number of carbonyl (C=O) groups is 13. The Bertz CT molecular complexity index is 2740. The summed E-state index contributed by atoms with van der Waals surface area (Å²) in [5.41, 5.74) is 33.0. The summed E-state index contributed by atoms with van der Waals surface area (Å²) in [6, 6.07) is -9.89. The van der Waals surface area contributed by atoms with Gasteiger partial charge in [0.2, 0.25) is 70.9 Å². The van der Waals surface area contributed by atoms with Crippen LogP contribution in [0.15, 0.2) is 29.3 Å². The van der Waals surface area contributed by atoms with Gasteiger partial charge >= 0.3 is 5.97 Å². The number of carbonyl (C=O) groups excluding carboxylic acids is 12. The fourth-order valence-corrected chi connectivity index (χ4v) is 8.68. The van der Waals surface area contributed by atoms with Crippen LogP contribution in [0.5, 0.6) is 5.75 Å². The van der Waals surface area contributed by atoms with Gasteiger partial charge in [0, 0.05) is 19.4 Å². The molecule has 1 aliphatic heterocycles. The summed E-state index contributed by atoms with van der Waals surface area (Å²) >= 11 is 0. The molecule has 1 aliphatic rings. The number of aliphatic imine (C=N–C) groups is 1. The number of hydrogen-bond acceptors (Lipinski definition) is 23. The number of phenolic OH excluding ortho intramolecular Hbond substituents is 1. The van der Waals surface area contributed by atoms with E-state index in [0.29, 0.717) is 5.56 Å². The van der Waals surface area contributed by atoms with Crippen LogP contribution in [0, 0.1) is 11.8 Å². The molecule has 1 heterocycles. The monoisotopic (exact) mass is 1310 g/mol. The van der Waals surface area contributed by atoms with Crippen molar-refractivity contribution in [3.63, 3.8) is 0 Å². The highest BCUT2D eigenvalue weighted by atomic mass is 16.7. The first-order valence-corrected chi connectivity index (χ1v) is 29.1. The molecule has 12 amide bonds. The average Bonchev–Trinajstić information content (AvgIpc) is 0.929. The van der Waals surface area contributed by atoms with E-state index < -0.39 is 226 Å². The second kappa shape index (κ2) is 39.4. The van der Waals surface area contributed by atoms with Crippen LogP contribution < -0.4 is 82.3 Å². The molecular weight excluding hydrogens is 1220 g/mol. The molecule has 38 heteroatoms. The first-order chi connectivity index (χ1) is 43.2. The number of hydrogen-bond donors (Lipinski definition) is 22. The highest BCUT2D eigenvalue weighted by Gasteiger charge is 2.45. The van der Waals surface area contributed by atoms with Gasteiger partial charge in [0.05, 0.1) is 45.2 Å². The molecule has 1 aromatic rings. The summed E-state index contributed by atoms with van der Waals surface area (Å²) in [7, 11) is 0. The molecular formula is C54H88N16O22. The number of guanidine groups is 1. The minimum atomic E-state index is -2.06. The van der Waals surface area contributed by atoms with Gasteiger partial charge in [0.15, 0.2) is 12.2 Å². The summed E-state index contributed by atoms with van der Waals surface area (Å²) in [6.07, 6.45) is -12.3. The molecule has 16 atom stereocenters. The van der Waals surface area contributed by atoms with Gasteiger partial charge in [-0.05, 0) is 48.8 Å². The minimum Gasteiger partial charge on any atom is -0.508 e. The van der Waals surface area contributed by atoms with Crippen LogP contribution in [-0.2, 0) is 78.2 Å². The van der Waals surface area contributed by atoms with Crippen molar-refractivity contribution in [3.05, 3.63) is 29.8 Å². The molecule has 0 bridgehead atoms. The second-order valence-electron chi connectivity index (χ2n) is 21.7. The molecule has 0 unspecified atom stereocenters. The number of ether oxygens (including phenoxy) is 2. The molecule has 516 valence electrons. The van der Waals surface area contributed by atoms with Gasteiger partial charge in [0.25, 0.3) is 0 Å². The van der Waals surface area contributed by atoms with Crippen LogP contribution in [0.4, 0.5) is 0 Å². The van der Waals surface area contributed by atoms with Crippen LogP contribution >= 0.6 is 0 Å². The zero-order chi connectivity index (χ0) is 69.7. The van der Waals surface area contributed by atoms with E-state index in [0.717, 1.165) is 0 Å². The molecule has 0 aromatic heterocycles. The van der Waals surface area contributed by atoms with Gasteiger partial charge in [-0.15, -0.1) is 0 Å². The molecule has 1 fully saturated rings. The van der Waals surface area contributed by atoms with Crippen molar-refractivity contribution in [1.82, 2.24) is 47.9 Å². The summed E-state index contributed by atoms with van der Waals surface area (Å²) in [6.45, 7) is 2.27. The van der Waals surface area contributed by atoms with E-state index in [4.69, 9.17) is 49.0 Å². The summed E-state index contributed by atoms with van der Waals surface area (Å²) in [4.78, 5) is 176. The number of benzene rings is 1. The van der Waals surface area contributed by atoms with E-state index >= 15 is 0 Å². The number of aliphatic hydroxyl groups is 5. The van der Waals surface area contributed by atoms with Gasteiger partial charge < -0.3 is 127 Å². The number of carboxylic acid groups (broad SMARTS) is 1. The van der Waals surface area contributed by atoms with Crippen molar-refractivity contribution in [2.45, 2.75) is 171 Å². The number of aromatic hydroxyl groups is 1. The molecule has 28 N–H and O–H groups in total. The number of nitrogens with one attached hydrogen (secondary N) is 9. The molecule has 1 aromatic carbocycles. The van der Waals surface area contributed by atoms with E-state index in [-0.39, 0.29) is 50.4 Å². The number of amides is 12. The molecule has 0 radical (unpaired) electrons. The largest absolute Gasteiger partial charge is 0.508 e. The fourth-order valence-electron chi connectivity index (χ4n) is 8.68. The normalized spacial score (nSPS) is 19.7. The number of nitrogens with zero attached hydrogens (tertiary/aromatic N) is 1. The molecule has 2 rings (SSSR count). The highest BCUT2D eigenvalue weighted by Crippen LogP contribution is 2.23. The Labute approximate surface area is 527 Å². The number of nitrogens with two attached hydrogens (primary N) is 6. The Morgan fingerprint density at radius 1 is 0.598 bits per heavy atom. The van der Waals surface area contributed by atoms with E-state index in [2.05, 4.69) is 52.8 Å². The molecule has 92 heavy (non-hydrogen) atoms. The van der Waals surface area contributed by atoms with Gasteiger partial charge in [0.1, 0.15) is 78.5 Å². The molecule has 38 nitrogen and oxygen atoms in total. The third-order valence-electron chi connectivity index (χ3n) is 14.4. The Morgan fingerprint density at radius 3 is 1.65 bits per heavy atom. The standard InChI is InChI=1S/C54H88N16O22/c1-5-23(3)39(69-37(76)19-62-46(84)30(16-25-9-11-26(73)12-10-25)65-45(83)27(55)17-38(77)78)51(89)68-33(22-91-53-43(81)42(80)41(79)34(21-72)92-53)50(88)64-29(13-14-35(56)74)47(85)70-40(24(4)6-2)52(90)66-31(18-36(57)75)48(86)67-32(20-71)49(87)63-28(44(58)82)8-7-15-61-54(59)60/h9-12,23-24,27-34,39-43,53,71-73,79-81H,5-8,13-22,55H2,1-4H3,(H2,56,74)(H2,57,75)(H2,58,82)(H,62,84)(H,63,87)(H,64,88)(H,65,83)(H,66,90)(H,67,86)(H,68,89)(H,69,76)(H,70,85)(H,77,78)(H4,59,60,61)/t23-,24-,27-,28-,29-,30-,31-,32-,33-,34+,39-,40-,41-,42-,43+,53+/m0/s1. The number of rotatable bonds is 41. The van der Waals surface area contributed by atoms with Crippen LogP contribution in [0.1, 0.15) is 84.6 Å². The number of phenols is 1. The van der Waals surface area contributed by atoms with Crippen molar-refractivity contribution in [3.8, 4) is 5.75 Å². The van der Waals surface area contributed by atoms with Gasteiger partial charge in [-0.25, -0.2) is 0 Å². The number of carboxylic acids is 1. The lowest BCUT2D eigenvalue weighted by Gasteiger charge is -2.40. The predicted octanol–water partition coefficient (Wildman–Crippen LogP) is -10.7. The summed E-state index contributed by atoms with van der Waals surface area (Å²) in [5.74, 6) is -16.9.